The molecule has 8 heteroatoms. The van der Waals surface area contributed by atoms with E-state index < -0.39 is 6.04 Å². The summed E-state index contributed by atoms with van der Waals surface area (Å²) in [4.78, 5) is 38.2. The van der Waals surface area contributed by atoms with Gasteiger partial charge in [-0.15, -0.1) is 0 Å². The van der Waals surface area contributed by atoms with Gasteiger partial charge in [-0.2, -0.15) is 0 Å². The summed E-state index contributed by atoms with van der Waals surface area (Å²) in [6, 6.07) is 5.37. The zero-order valence-corrected chi connectivity index (χ0v) is 19.0. The maximum absolute atomic E-state index is 12.9. The van der Waals surface area contributed by atoms with Gasteiger partial charge in [-0.05, 0) is 74.8 Å². The lowest BCUT2D eigenvalue weighted by atomic mass is 9.91. The van der Waals surface area contributed by atoms with Crippen LogP contribution in [0.25, 0.3) is 0 Å². The molecule has 0 radical (unpaired) electrons. The third kappa shape index (κ3) is 4.92. The summed E-state index contributed by atoms with van der Waals surface area (Å²) in [5.41, 5.74) is 1.50. The number of benzene rings is 1. The molecule has 0 aromatic heterocycles. The number of ether oxygens (including phenoxy) is 2. The molecule has 8 nitrogen and oxygen atoms in total. The van der Waals surface area contributed by atoms with E-state index in [0.29, 0.717) is 30.5 Å². The van der Waals surface area contributed by atoms with Gasteiger partial charge in [0.2, 0.25) is 11.8 Å². The van der Waals surface area contributed by atoms with Crippen molar-refractivity contribution in [2.75, 3.05) is 19.8 Å². The Morgan fingerprint density at radius 1 is 1.06 bits per heavy atom. The molecule has 3 aliphatic heterocycles. The number of fused-ring (bicyclic) bond motifs is 1. The molecule has 2 saturated heterocycles. The number of rotatable bonds is 6. The number of carbonyl (C=O) groups excluding carboxylic acids is 3. The van der Waals surface area contributed by atoms with Crippen LogP contribution < -0.4 is 15.4 Å². The molecule has 1 aromatic carbocycles. The summed E-state index contributed by atoms with van der Waals surface area (Å²) in [7, 11) is 0. The van der Waals surface area contributed by atoms with E-state index in [1.807, 2.05) is 18.2 Å². The smallest absolute Gasteiger partial charge is 0.255 e. The van der Waals surface area contributed by atoms with Crippen molar-refractivity contribution in [2.24, 2.45) is 5.92 Å². The minimum Gasteiger partial charge on any atom is -0.489 e. The number of piperidine rings is 1. The van der Waals surface area contributed by atoms with E-state index in [1.165, 1.54) is 6.42 Å². The summed E-state index contributed by atoms with van der Waals surface area (Å²) in [5.74, 6) is 0.634. The van der Waals surface area contributed by atoms with Gasteiger partial charge < -0.3 is 19.7 Å². The first-order valence-corrected chi connectivity index (χ1v) is 12.3. The molecule has 0 spiro atoms. The normalized spacial score (nSPS) is 28.5. The molecule has 1 aromatic rings. The quantitative estimate of drug-likeness (QED) is 0.638. The fraction of sp³-hybridized carbons (Fsp3) is 0.640. The molecule has 0 bridgehead atoms. The Hall–Kier alpha value is -2.45. The van der Waals surface area contributed by atoms with Gasteiger partial charge >= 0.3 is 0 Å². The lowest BCUT2D eigenvalue weighted by Gasteiger charge is -2.34. The van der Waals surface area contributed by atoms with Crippen molar-refractivity contribution >= 4 is 17.7 Å². The van der Waals surface area contributed by atoms with Crippen molar-refractivity contribution in [1.82, 2.24) is 15.5 Å². The fourth-order valence-electron chi connectivity index (χ4n) is 5.54. The van der Waals surface area contributed by atoms with E-state index in [1.54, 1.807) is 4.90 Å². The Kier molecular flexibility index (Phi) is 6.64. The molecule has 3 atom stereocenters. The number of nitrogens with zero attached hydrogens (tertiary/aromatic N) is 1. The molecule has 2 N–H and O–H groups in total. The number of carbonyl (C=O) groups is 3. The van der Waals surface area contributed by atoms with Crippen molar-refractivity contribution in [1.29, 1.82) is 0 Å². The van der Waals surface area contributed by atoms with Gasteiger partial charge in [-0.3, -0.25) is 19.7 Å². The maximum Gasteiger partial charge on any atom is 0.255 e. The van der Waals surface area contributed by atoms with Crippen molar-refractivity contribution in [3.63, 3.8) is 0 Å². The fourth-order valence-corrected chi connectivity index (χ4v) is 5.54. The zero-order chi connectivity index (χ0) is 22.8. The predicted molar refractivity (Wildman–Crippen MR) is 121 cm³/mol. The summed E-state index contributed by atoms with van der Waals surface area (Å²) in [6.07, 6.45) is 7.48. The van der Waals surface area contributed by atoms with E-state index in [-0.39, 0.29) is 30.2 Å². The lowest BCUT2D eigenvalue weighted by Crippen LogP contribution is -2.52. The minimum absolute atomic E-state index is 0.111. The van der Waals surface area contributed by atoms with E-state index in [2.05, 4.69) is 10.6 Å². The average molecular weight is 456 g/mol. The molecule has 178 valence electrons. The topological polar surface area (TPSA) is 97.0 Å². The van der Waals surface area contributed by atoms with E-state index in [0.717, 1.165) is 63.2 Å². The van der Waals surface area contributed by atoms with Crippen LogP contribution in [0.15, 0.2) is 18.2 Å². The van der Waals surface area contributed by atoms with Gasteiger partial charge in [-0.25, -0.2) is 0 Å². The molecule has 1 saturated carbocycles. The van der Waals surface area contributed by atoms with Gasteiger partial charge in [0.25, 0.3) is 5.91 Å². The molecule has 4 aliphatic rings. The van der Waals surface area contributed by atoms with Crippen LogP contribution >= 0.6 is 0 Å². The number of amides is 3. The molecule has 3 amide bonds. The van der Waals surface area contributed by atoms with Crippen molar-refractivity contribution in [2.45, 2.75) is 76.1 Å². The molecule has 33 heavy (non-hydrogen) atoms. The first-order valence-electron chi connectivity index (χ1n) is 12.3. The van der Waals surface area contributed by atoms with Crippen molar-refractivity contribution in [3.8, 4) is 5.75 Å². The number of imide groups is 1. The van der Waals surface area contributed by atoms with Gasteiger partial charge in [-0.1, -0.05) is 6.42 Å². The van der Waals surface area contributed by atoms with Crippen LogP contribution in [0.5, 0.6) is 5.75 Å². The van der Waals surface area contributed by atoms with E-state index in [4.69, 9.17) is 9.47 Å². The second kappa shape index (κ2) is 9.81. The largest absolute Gasteiger partial charge is 0.489 e. The predicted octanol–water partition coefficient (Wildman–Crippen LogP) is 2.15. The Labute approximate surface area is 194 Å². The number of hydrogen-bond acceptors (Lipinski definition) is 6. The van der Waals surface area contributed by atoms with Crippen molar-refractivity contribution < 1.29 is 23.9 Å². The van der Waals surface area contributed by atoms with E-state index in [9.17, 15) is 14.4 Å². The number of nitrogens with one attached hydrogen (secondary N) is 2. The zero-order valence-electron chi connectivity index (χ0n) is 19.0. The number of hydrogen-bond donors (Lipinski definition) is 2. The molecule has 1 aliphatic carbocycles. The van der Waals surface area contributed by atoms with Crippen LogP contribution in [0.4, 0.5) is 0 Å². The van der Waals surface area contributed by atoms with Crippen molar-refractivity contribution in [3.05, 3.63) is 29.3 Å². The lowest BCUT2D eigenvalue weighted by molar-refractivity contribution is -0.136. The van der Waals surface area contributed by atoms with Crippen LogP contribution in [0.3, 0.4) is 0 Å². The molecule has 3 unspecified atom stereocenters. The average Bonchev–Trinajstić information content (AvgIpc) is 3.14. The second-order valence-corrected chi connectivity index (χ2v) is 9.73. The van der Waals surface area contributed by atoms with Gasteiger partial charge in [0, 0.05) is 37.8 Å². The van der Waals surface area contributed by atoms with Crippen LogP contribution in [-0.2, 0) is 20.9 Å². The highest BCUT2D eigenvalue weighted by molar-refractivity contribution is 6.05. The first kappa shape index (κ1) is 22.3. The molecule has 3 heterocycles. The maximum atomic E-state index is 12.9. The van der Waals surface area contributed by atoms with E-state index >= 15 is 0 Å². The monoisotopic (exact) mass is 455 g/mol. The summed E-state index contributed by atoms with van der Waals surface area (Å²) >= 11 is 0. The first-order chi connectivity index (χ1) is 16.1. The molecule has 3 fully saturated rings. The second-order valence-electron chi connectivity index (χ2n) is 9.73. The van der Waals surface area contributed by atoms with Crippen LogP contribution in [0.1, 0.15) is 67.3 Å². The Bertz CT molecular complexity index is 913. The minimum atomic E-state index is -0.593. The molecular formula is C25H33N3O5. The van der Waals surface area contributed by atoms with Crippen LogP contribution in [-0.4, -0.2) is 60.6 Å². The highest BCUT2D eigenvalue weighted by Crippen LogP contribution is 2.32. The van der Waals surface area contributed by atoms with Gasteiger partial charge in [0.1, 0.15) is 17.9 Å². The Balaban J connectivity index is 1.22. The molecular weight excluding hydrogens is 422 g/mol. The summed E-state index contributed by atoms with van der Waals surface area (Å²) < 4.78 is 11.9. The van der Waals surface area contributed by atoms with Crippen LogP contribution in [0.2, 0.25) is 0 Å². The van der Waals surface area contributed by atoms with Crippen LogP contribution in [0, 0.1) is 5.92 Å². The van der Waals surface area contributed by atoms with Gasteiger partial charge in [0.05, 0.1) is 0 Å². The van der Waals surface area contributed by atoms with Gasteiger partial charge in [0.15, 0.2) is 0 Å². The molecule has 5 rings (SSSR count). The third-order valence-corrected chi connectivity index (χ3v) is 7.49. The highest BCUT2D eigenvalue weighted by atomic mass is 16.5. The third-order valence-electron chi connectivity index (χ3n) is 7.49. The summed E-state index contributed by atoms with van der Waals surface area (Å²) in [5, 5.41) is 6.11. The Morgan fingerprint density at radius 2 is 1.88 bits per heavy atom. The SMILES string of the molecule is O=C1CCC(N2Cc3cc(OC4CCCCC4NCC4CCOCC4)ccc3C2=O)C(=O)N1. The highest BCUT2D eigenvalue weighted by Gasteiger charge is 2.39. The standard InChI is InChI=1S/C25H33N3O5/c29-23-8-7-21(24(30)27-23)28-15-17-13-18(5-6-19(17)25(28)31)33-22-4-2-1-3-20(22)26-14-16-9-11-32-12-10-16/h5-6,13,16,20-22,26H,1-4,7-12,14-15H2,(H,27,29,30). The Morgan fingerprint density at radius 3 is 2.70 bits per heavy atom. The summed E-state index contributed by atoms with van der Waals surface area (Å²) in [6.45, 7) is 3.10.